The summed E-state index contributed by atoms with van der Waals surface area (Å²) in [6.07, 6.45) is 1.80. The summed E-state index contributed by atoms with van der Waals surface area (Å²) >= 11 is 5.08. The molecule has 0 radical (unpaired) electrons. The zero-order valence-corrected chi connectivity index (χ0v) is 26.7. The number of halogens is 2. The van der Waals surface area contributed by atoms with E-state index in [4.69, 9.17) is 0 Å². The molecular weight excluding hydrogens is 625 g/mol. The average Bonchev–Trinajstić information content (AvgIpc) is 3.29. The van der Waals surface area contributed by atoms with Crippen LogP contribution in [0.4, 0.5) is 4.39 Å². The molecule has 8 heteroatoms. The number of hydrogen-bond acceptors (Lipinski definition) is 4. The Morgan fingerprint density at radius 1 is 1.02 bits per heavy atom. The number of nitrogens with one attached hydrogen (secondary N) is 1. The largest absolute Gasteiger partial charge is 0.507 e. The molecule has 2 heterocycles. The zero-order valence-electron chi connectivity index (χ0n) is 24.3. The highest BCUT2D eigenvalue weighted by atomic mass is 79.9. The molecule has 1 fully saturated rings. The van der Waals surface area contributed by atoms with Crippen molar-refractivity contribution in [2.45, 2.75) is 56.0 Å². The van der Waals surface area contributed by atoms with Crippen LogP contribution < -0.4 is 5.32 Å². The summed E-state index contributed by atoms with van der Waals surface area (Å²) in [5.74, 6) is 0.184. The third kappa shape index (κ3) is 6.33. The first-order valence-electron chi connectivity index (χ1n) is 14.7. The predicted octanol–water partition coefficient (Wildman–Crippen LogP) is 8.34. The van der Waals surface area contributed by atoms with Gasteiger partial charge in [0, 0.05) is 53.4 Å². The fraction of sp³-hybridized carbons (Fsp3) is 0.286. The summed E-state index contributed by atoms with van der Waals surface area (Å²) in [4.78, 5) is 17.6. The first-order valence-corrected chi connectivity index (χ1v) is 16.5. The molecule has 1 aromatic heterocycles. The normalized spacial score (nSPS) is 14.6. The third-order valence-electron chi connectivity index (χ3n) is 8.46. The van der Waals surface area contributed by atoms with E-state index in [0.717, 1.165) is 58.4 Å². The first-order chi connectivity index (χ1) is 20.8. The fourth-order valence-corrected chi connectivity index (χ4v) is 7.36. The Labute approximate surface area is 264 Å². The number of carbonyl (C=O) groups excluding carboxylic acids is 1. The number of piperidine rings is 1. The molecule has 6 rings (SSSR count). The third-order valence-corrected chi connectivity index (χ3v) is 10.1. The molecule has 0 aliphatic carbocycles. The molecule has 1 amide bonds. The second-order valence-electron chi connectivity index (χ2n) is 11.5. The van der Waals surface area contributed by atoms with Gasteiger partial charge >= 0.3 is 0 Å². The van der Waals surface area contributed by atoms with Crippen molar-refractivity contribution >= 4 is 55.3 Å². The van der Waals surface area contributed by atoms with Crippen molar-refractivity contribution in [3.8, 4) is 5.75 Å². The summed E-state index contributed by atoms with van der Waals surface area (Å²) < 4.78 is 16.4. The zero-order chi connectivity index (χ0) is 30.1. The van der Waals surface area contributed by atoms with Crippen LogP contribution in [0.5, 0.6) is 5.75 Å². The van der Waals surface area contributed by atoms with Gasteiger partial charge in [-0.2, -0.15) is 0 Å². The molecule has 2 N–H and O–H groups in total. The van der Waals surface area contributed by atoms with Crippen LogP contribution in [0.2, 0.25) is 0 Å². The van der Waals surface area contributed by atoms with E-state index in [-0.39, 0.29) is 23.5 Å². The molecule has 222 valence electrons. The van der Waals surface area contributed by atoms with Crippen LogP contribution in [0.15, 0.2) is 88.2 Å². The molecule has 0 unspecified atom stereocenters. The van der Waals surface area contributed by atoms with Crippen molar-refractivity contribution in [1.82, 2.24) is 14.8 Å². The lowest BCUT2D eigenvalue weighted by atomic mass is 10.0. The number of aromatic hydroxyl groups is 1. The van der Waals surface area contributed by atoms with Gasteiger partial charge in [-0.05, 0) is 95.4 Å². The number of aromatic nitrogens is 1. The Balaban J connectivity index is 1.44. The summed E-state index contributed by atoms with van der Waals surface area (Å²) in [6.45, 7) is 6.87. The van der Waals surface area contributed by atoms with Gasteiger partial charge in [0.1, 0.15) is 11.6 Å². The SMILES string of the molecule is CC(C)N1CCC(NC(=O)c2c(CSc3ccc(F)cc3)n(Cc3cccc4ccccc34)c3cc(Br)c(O)cc23)CC1. The Bertz CT molecular complexity index is 1770. The molecule has 1 aliphatic heterocycles. The molecule has 1 saturated heterocycles. The predicted molar refractivity (Wildman–Crippen MR) is 178 cm³/mol. The average molecular weight is 661 g/mol. The van der Waals surface area contributed by atoms with Crippen molar-refractivity contribution in [3.05, 3.63) is 106 Å². The number of phenols is 1. The summed E-state index contributed by atoms with van der Waals surface area (Å²) in [6, 6.07) is 25.2. The van der Waals surface area contributed by atoms with Crippen LogP contribution in [0, 0.1) is 5.82 Å². The van der Waals surface area contributed by atoms with Gasteiger partial charge in [-0.3, -0.25) is 4.79 Å². The van der Waals surface area contributed by atoms with Crippen LogP contribution in [0.3, 0.4) is 0 Å². The highest BCUT2D eigenvalue weighted by molar-refractivity contribution is 9.10. The fourth-order valence-electron chi connectivity index (χ4n) is 6.10. The Hall–Kier alpha value is -3.33. The van der Waals surface area contributed by atoms with Gasteiger partial charge in [-0.15, -0.1) is 11.8 Å². The number of fused-ring (bicyclic) bond motifs is 2. The van der Waals surface area contributed by atoms with Crippen molar-refractivity contribution < 1.29 is 14.3 Å². The second-order valence-corrected chi connectivity index (χ2v) is 13.4. The highest BCUT2D eigenvalue weighted by Crippen LogP contribution is 2.38. The van der Waals surface area contributed by atoms with E-state index in [1.807, 2.05) is 18.2 Å². The highest BCUT2D eigenvalue weighted by Gasteiger charge is 2.28. The van der Waals surface area contributed by atoms with Gasteiger partial charge in [0.15, 0.2) is 0 Å². The lowest BCUT2D eigenvalue weighted by Gasteiger charge is -2.34. The molecule has 0 bridgehead atoms. The van der Waals surface area contributed by atoms with Crippen LogP contribution in [0.1, 0.15) is 48.3 Å². The maximum Gasteiger partial charge on any atom is 0.253 e. The molecule has 0 saturated carbocycles. The quantitative estimate of drug-likeness (QED) is 0.164. The van der Waals surface area contributed by atoms with Crippen LogP contribution in [-0.4, -0.2) is 45.7 Å². The van der Waals surface area contributed by atoms with E-state index in [9.17, 15) is 14.3 Å². The lowest BCUT2D eigenvalue weighted by Crippen LogP contribution is -2.46. The van der Waals surface area contributed by atoms with Gasteiger partial charge in [0.25, 0.3) is 5.91 Å². The minimum Gasteiger partial charge on any atom is -0.507 e. The maximum atomic E-state index is 14.2. The summed E-state index contributed by atoms with van der Waals surface area (Å²) in [5, 5.41) is 17.1. The van der Waals surface area contributed by atoms with E-state index < -0.39 is 0 Å². The molecule has 4 aromatic carbocycles. The molecule has 0 atom stereocenters. The van der Waals surface area contributed by atoms with Crippen LogP contribution in [0.25, 0.3) is 21.7 Å². The Morgan fingerprint density at radius 3 is 2.49 bits per heavy atom. The molecule has 5 nitrogen and oxygen atoms in total. The van der Waals surface area contributed by atoms with E-state index in [2.05, 4.69) is 74.9 Å². The number of carbonyl (C=O) groups is 1. The van der Waals surface area contributed by atoms with Crippen molar-refractivity contribution in [3.63, 3.8) is 0 Å². The lowest BCUT2D eigenvalue weighted by molar-refractivity contribution is 0.0901. The maximum absolute atomic E-state index is 14.2. The Morgan fingerprint density at radius 2 is 1.74 bits per heavy atom. The smallest absolute Gasteiger partial charge is 0.253 e. The standard InChI is InChI=1S/C35H35BrFN3O2S/c1-22(2)39-16-14-26(15-17-39)38-35(42)34-29-18-33(41)30(36)19-31(29)40(32(34)21-43-27-12-10-25(37)11-13-27)20-24-8-5-7-23-6-3-4-9-28(23)24/h3-13,18-19,22,26,41H,14-17,20-21H2,1-2H3,(H,38,42). The minimum atomic E-state index is -0.279. The first kappa shape index (κ1) is 29.7. The minimum absolute atomic E-state index is 0.0839. The van der Waals surface area contributed by atoms with Gasteiger partial charge in [0.2, 0.25) is 0 Å². The van der Waals surface area contributed by atoms with E-state index in [1.54, 1.807) is 30.0 Å². The number of benzene rings is 4. The van der Waals surface area contributed by atoms with Crippen molar-refractivity contribution in [2.75, 3.05) is 13.1 Å². The van der Waals surface area contributed by atoms with Gasteiger partial charge in [-0.25, -0.2) is 4.39 Å². The van der Waals surface area contributed by atoms with E-state index >= 15 is 0 Å². The molecule has 5 aromatic rings. The number of phenolic OH excluding ortho intramolecular Hbond substituents is 1. The monoisotopic (exact) mass is 659 g/mol. The number of nitrogens with zero attached hydrogens (tertiary/aromatic N) is 2. The van der Waals surface area contributed by atoms with Crippen LogP contribution >= 0.6 is 27.7 Å². The number of amides is 1. The second kappa shape index (κ2) is 12.7. The van der Waals surface area contributed by atoms with E-state index in [0.29, 0.717) is 33.8 Å². The van der Waals surface area contributed by atoms with E-state index in [1.165, 1.54) is 12.1 Å². The summed E-state index contributed by atoms with van der Waals surface area (Å²) in [7, 11) is 0. The number of rotatable bonds is 8. The molecule has 1 aliphatic rings. The molecule has 0 spiro atoms. The summed E-state index contributed by atoms with van der Waals surface area (Å²) in [5.41, 5.74) is 3.46. The number of thioether (sulfide) groups is 1. The van der Waals surface area contributed by atoms with Gasteiger partial charge in [0.05, 0.1) is 15.6 Å². The van der Waals surface area contributed by atoms with Crippen molar-refractivity contribution in [1.29, 1.82) is 0 Å². The van der Waals surface area contributed by atoms with Crippen LogP contribution in [-0.2, 0) is 12.3 Å². The topological polar surface area (TPSA) is 57.5 Å². The molecular formula is C35H35BrFN3O2S. The molecule has 43 heavy (non-hydrogen) atoms. The number of likely N-dealkylation sites (tertiary alicyclic amines) is 1. The number of hydrogen-bond donors (Lipinski definition) is 2. The van der Waals surface area contributed by atoms with Gasteiger partial charge < -0.3 is 19.9 Å². The van der Waals surface area contributed by atoms with Gasteiger partial charge in [-0.1, -0.05) is 42.5 Å². The van der Waals surface area contributed by atoms with Crippen molar-refractivity contribution in [2.24, 2.45) is 0 Å². The Kier molecular flexibility index (Phi) is 8.80.